The van der Waals surface area contributed by atoms with Crippen molar-refractivity contribution in [1.82, 2.24) is 19.8 Å². The second-order valence-electron chi connectivity index (χ2n) is 12.7. The Kier molecular flexibility index (Phi) is 9.66. The summed E-state index contributed by atoms with van der Waals surface area (Å²) in [4.78, 5) is 41.1. The number of hydrogen-bond acceptors (Lipinski definition) is 9. The predicted octanol–water partition coefficient (Wildman–Crippen LogP) is 5.15. The molecule has 0 radical (unpaired) electrons. The second kappa shape index (κ2) is 13.9. The summed E-state index contributed by atoms with van der Waals surface area (Å²) in [7, 11) is 3.66. The Bertz CT molecular complexity index is 1840. The molecule has 0 unspecified atom stereocenters. The third-order valence-corrected chi connectivity index (χ3v) is 9.86. The number of carbonyl (C=O) groups excluding carboxylic acids is 2. The molecule has 1 aromatic heterocycles. The van der Waals surface area contributed by atoms with Gasteiger partial charge in [-0.15, -0.1) is 0 Å². The second-order valence-corrected chi connectivity index (χ2v) is 12.7. The maximum absolute atomic E-state index is 15.8. The van der Waals surface area contributed by atoms with Crippen molar-refractivity contribution in [3.05, 3.63) is 72.6 Å². The molecule has 49 heavy (non-hydrogen) atoms. The first-order valence-electron chi connectivity index (χ1n) is 16.3. The van der Waals surface area contributed by atoms with Crippen molar-refractivity contribution >= 4 is 34.1 Å². The normalized spacial score (nSPS) is 20.9. The molecule has 2 aliphatic rings. The third kappa shape index (κ3) is 6.60. The number of amides is 2. The molecule has 258 valence electrons. The minimum atomic E-state index is -1.48. The minimum Gasteiger partial charge on any atom is -0.493 e. The van der Waals surface area contributed by atoms with Gasteiger partial charge in [-0.2, -0.15) is 0 Å². The van der Waals surface area contributed by atoms with Crippen LogP contribution < -0.4 is 24.8 Å². The van der Waals surface area contributed by atoms with Gasteiger partial charge in [0.2, 0.25) is 17.7 Å². The van der Waals surface area contributed by atoms with Crippen LogP contribution in [-0.4, -0.2) is 85.1 Å². The number of likely N-dealkylation sites (N-methyl/N-ethyl adjacent to an activating group) is 1. The summed E-state index contributed by atoms with van der Waals surface area (Å²) in [6.07, 6.45) is 2.16. The molecule has 11 nitrogen and oxygen atoms in total. The fourth-order valence-corrected chi connectivity index (χ4v) is 6.63. The van der Waals surface area contributed by atoms with Crippen molar-refractivity contribution in [1.29, 1.82) is 0 Å². The first-order valence-corrected chi connectivity index (χ1v) is 16.3. The highest BCUT2D eigenvalue weighted by Crippen LogP contribution is 2.60. The third-order valence-electron chi connectivity index (χ3n) is 9.86. The first kappa shape index (κ1) is 34.0. The predicted molar refractivity (Wildman–Crippen MR) is 180 cm³/mol. The highest BCUT2D eigenvalue weighted by Gasteiger charge is 2.70. The van der Waals surface area contributed by atoms with E-state index in [0.29, 0.717) is 29.0 Å². The van der Waals surface area contributed by atoms with Crippen LogP contribution in [0, 0.1) is 28.9 Å². The van der Waals surface area contributed by atoms with Crippen LogP contribution in [0.5, 0.6) is 23.1 Å². The molecule has 2 amide bonds. The fraction of sp³-hybridized carbons (Fsp3) is 0.389. The van der Waals surface area contributed by atoms with Crippen molar-refractivity contribution < 1.29 is 32.6 Å². The molecule has 1 aliphatic carbocycles. The van der Waals surface area contributed by atoms with E-state index in [0.717, 1.165) is 45.2 Å². The zero-order valence-corrected chi connectivity index (χ0v) is 28.0. The zero-order chi connectivity index (χ0) is 34.9. The Balaban J connectivity index is 1.23. The Morgan fingerprint density at radius 2 is 1.63 bits per heavy atom. The van der Waals surface area contributed by atoms with Crippen molar-refractivity contribution in [2.24, 2.45) is 23.0 Å². The highest BCUT2D eigenvalue weighted by atomic mass is 19.1. The van der Waals surface area contributed by atoms with E-state index in [-0.39, 0.29) is 34.8 Å². The lowest BCUT2D eigenvalue weighted by molar-refractivity contribution is -0.134. The minimum absolute atomic E-state index is 0.0799. The Morgan fingerprint density at radius 1 is 0.939 bits per heavy atom. The fourth-order valence-electron chi connectivity index (χ4n) is 6.63. The Hall–Kier alpha value is -4.88. The number of nitrogens with two attached hydrogens (primary N) is 1. The molecule has 0 bridgehead atoms. The molecule has 1 saturated heterocycles. The van der Waals surface area contributed by atoms with Gasteiger partial charge >= 0.3 is 0 Å². The maximum Gasteiger partial charge on any atom is 0.247 e. The summed E-state index contributed by atoms with van der Waals surface area (Å²) in [5, 5.41) is 0.468. The lowest BCUT2D eigenvalue weighted by Gasteiger charge is -2.32. The van der Waals surface area contributed by atoms with Crippen LogP contribution in [0.4, 0.5) is 20.2 Å². The van der Waals surface area contributed by atoms with Gasteiger partial charge in [0.25, 0.3) is 0 Å². The number of rotatable bonds is 12. The number of hydrogen-bond donors (Lipinski definition) is 1. The largest absolute Gasteiger partial charge is 0.493 e. The van der Waals surface area contributed by atoms with E-state index in [2.05, 4.69) is 26.8 Å². The number of piperazine rings is 1. The van der Waals surface area contributed by atoms with Gasteiger partial charge in [-0.05, 0) is 67.8 Å². The number of benzene rings is 3. The van der Waals surface area contributed by atoms with E-state index in [1.807, 2.05) is 0 Å². The number of primary amides is 1. The van der Waals surface area contributed by atoms with Crippen molar-refractivity contribution in [3.63, 3.8) is 0 Å². The average molecular weight is 675 g/mol. The van der Waals surface area contributed by atoms with Gasteiger partial charge in [-0.1, -0.05) is 13.8 Å². The van der Waals surface area contributed by atoms with Gasteiger partial charge in [0.15, 0.2) is 23.1 Å². The van der Waals surface area contributed by atoms with Gasteiger partial charge in [0, 0.05) is 50.5 Å². The number of carbonyl (C=O) groups is 2. The van der Waals surface area contributed by atoms with Crippen LogP contribution in [-0.2, 0) is 9.59 Å². The Morgan fingerprint density at radius 3 is 2.27 bits per heavy atom. The number of nitrogens with zero attached hydrogens (tertiary/aromatic N) is 5. The summed E-state index contributed by atoms with van der Waals surface area (Å²) in [6.45, 7) is 9.16. The average Bonchev–Trinajstić information content (AvgIpc) is 3.65. The van der Waals surface area contributed by atoms with Gasteiger partial charge in [-0.25, -0.2) is 18.7 Å². The number of methoxy groups -OCH3 is 1. The van der Waals surface area contributed by atoms with E-state index in [9.17, 15) is 14.0 Å². The quantitative estimate of drug-likeness (QED) is 0.161. The van der Waals surface area contributed by atoms with Gasteiger partial charge in [-0.3, -0.25) is 14.5 Å². The summed E-state index contributed by atoms with van der Waals surface area (Å²) in [6, 6.07) is 12.5. The van der Waals surface area contributed by atoms with Gasteiger partial charge < -0.3 is 29.7 Å². The van der Waals surface area contributed by atoms with Crippen LogP contribution in [0.25, 0.3) is 10.9 Å². The van der Waals surface area contributed by atoms with E-state index in [4.69, 9.17) is 19.9 Å². The molecule has 0 spiro atoms. The van der Waals surface area contributed by atoms with Crippen molar-refractivity contribution in [2.45, 2.75) is 20.3 Å². The highest BCUT2D eigenvalue weighted by molar-refractivity contribution is 6.17. The summed E-state index contributed by atoms with van der Waals surface area (Å²) >= 11 is 0. The van der Waals surface area contributed by atoms with Crippen LogP contribution in [0.15, 0.2) is 60.9 Å². The lowest BCUT2D eigenvalue weighted by atomic mass is 9.98. The molecule has 6 rings (SSSR count). The van der Waals surface area contributed by atoms with Crippen LogP contribution in [0.2, 0.25) is 0 Å². The molecule has 2 fully saturated rings. The van der Waals surface area contributed by atoms with E-state index in [1.165, 1.54) is 54.7 Å². The number of anilines is 2. The zero-order valence-electron chi connectivity index (χ0n) is 28.0. The molecular formula is C36H40F2N6O5. The standard InChI is InChI=1S/C36H40F2N6O5/c1-22-23(2)36(22,34(39)45)35(46)44(25-8-6-24(37)7-9-25)26-10-11-30(28(38)18-26)49-33-27-19-31(47-4)32(20-29(27)40-21-41-33)48-17-5-12-43-15-13-42(3)14-16-43/h6-11,18-23H,5,12-17H2,1-4H3,(H2,39,45)/t22-,23+,36+. The summed E-state index contributed by atoms with van der Waals surface area (Å²) < 4.78 is 47.2. The summed E-state index contributed by atoms with van der Waals surface area (Å²) in [5.41, 5.74) is 5.12. The molecule has 3 atom stereocenters. The van der Waals surface area contributed by atoms with Gasteiger partial charge in [0.1, 0.15) is 17.6 Å². The van der Waals surface area contributed by atoms with E-state index >= 15 is 4.39 Å². The molecule has 13 heteroatoms. The molecule has 2 N–H and O–H groups in total. The van der Waals surface area contributed by atoms with Crippen LogP contribution >= 0.6 is 0 Å². The SMILES string of the molecule is COc1cc2c(Oc3ccc(N(C(=O)[C@@]4(C(N)=O)[C@H](C)[C@@H]4C)c4ccc(F)cc4)cc3F)ncnc2cc1OCCCN1CCN(C)CC1. The molecule has 1 saturated carbocycles. The van der Waals surface area contributed by atoms with E-state index in [1.54, 1.807) is 26.0 Å². The summed E-state index contributed by atoms with van der Waals surface area (Å²) in [5.74, 6) is -2.49. The van der Waals surface area contributed by atoms with E-state index < -0.39 is 28.9 Å². The molecule has 4 aromatic rings. The number of halogens is 2. The number of fused-ring (bicyclic) bond motifs is 1. The van der Waals surface area contributed by atoms with Crippen molar-refractivity contribution in [3.8, 4) is 23.1 Å². The molecule has 1 aliphatic heterocycles. The van der Waals surface area contributed by atoms with Crippen LogP contribution in [0.3, 0.4) is 0 Å². The lowest BCUT2D eigenvalue weighted by Crippen LogP contribution is -2.44. The number of aromatic nitrogens is 2. The molecule has 3 aromatic carbocycles. The monoisotopic (exact) mass is 674 g/mol. The topological polar surface area (TPSA) is 123 Å². The van der Waals surface area contributed by atoms with Gasteiger partial charge in [0.05, 0.1) is 30.3 Å². The number of ether oxygens (including phenoxy) is 3. The maximum atomic E-state index is 15.8. The Labute approximate surface area is 283 Å². The van der Waals surface area contributed by atoms with Crippen molar-refractivity contribution in [2.75, 3.05) is 58.4 Å². The van der Waals surface area contributed by atoms with Crippen LogP contribution in [0.1, 0.15) is 20.3 Å². The first-order chi connectivity index (χ1) is 23.5. The molecule has 2 heterocycles. The smallest absolute Gasteiger partial charge is 0.247 e. The molecular weight excluding hydrogens is 634 g/mol.